The van der Waals surface area contributed by atoms with E-state index < -0.39 is 6.35 Å². The third-order valence-corrected chi connectivity index (χ3v) is 3.53. The van der Waals surface area contributed by atoms with Crippen LogP contribution < -0.4 is 16.4 Å². The van der Waals surface area contributed by atoms with Crippen LogP contribution in [-0.4, -0.2) is 37.5 Å². The maximum absolute atomic E-state index is 9.91. The van der Waals surface area contributed by atoms with Crippen LogP contribution in [0.15, 0.2) is 30.6 Å². The number of aliphatic hydroxyl groups excluding tert-OH is 1. The van der Waals surface area contributed by atoms with Gasteiger partial charge in [0.2, 0.25) is 0 Å². The number of hydrogen-bond donors (Lipinski definition) is 4. The molecule has 8 nitrogen and oxygen atoms in total. The molecule has 0 aliphatic carbocycles. The molecule has 1 atom stereocenters. The lowest BCUT2D eigenvalue weighted by Crippen LogP contribution is -2.40. The number of fused-ring (bicyclic) bond motifs is 1. The summed E-state index contributed by atoms with van der Waals surface area (Å²) in [6.07, 6.45) is 2.80. The van der Waals surface area contributed by atoms with Gasteiger partial charge in [0.25, 0.3) is 0 Å². The van der Waals surface area contributed by atoms with Crippen LogP contribution in [0.3, 0.4) is 0 Å². The van der Waals surface area contributed by atoms with Gasteiger partial charge in [-0.05, 0) is 37.6 Å². The smallest absolute Gasteiger partial charge is 0.182 e. The van der Waals surface area contributed by atoms with Crippen LogP contribution in [0.2, 0.25) is 0 Å². The van der Waals surface area contributed by atoms with Crippen molar-refractivity contribution < 1.29 is 5.11 Å². The van der Waals surface area contributed by atoms with Crippen LogP contribution in [0, 0.1) is 0 Å². The summed E-state index contributed by atoms with van der Waals surface area (Å²) in [6, 6.07) is 5.78. The summed E-state index contributed by atoms with van der Waals surface area (Å²) in [5.74, 6) is 0.464. The molecule has 0 saturated carbocycles. The van der Waals surface area contributed by atoms with Gasteiger partial charge in [0, 0.05) is 30.2 Å². The molecule has 3 aromatic rings. The maximum Gasteiger partial charge on any atom is 0.182 e. The Morgan fingerprint density at radius 3 is 2.62 bits per heavy atom. The summed E-state index contributed by atoms with van der Waals surface area (Å²) in [7, 11) is 1.87. The molecular formula is C16H21N7O. The minimum absolute atomic E-state index is 0.133. The van der Waals surface area contributed by atoms with Gasteiger partial charge in [-0.3, -0.25) is 10.00 Å². The van der Waals surface area contributed by atoms with Crippen LogP contribution >= 0.6 is 0 Å². The molecule has 0 fully saturated rings. The number of nitrogen functional groups attached to an aromatic ring is 1. The van der Waals surface area contributed by atoms with E-state index in [1.165, 1.54) is 0 Å². The Labute approximate surface area is 139 Å². The minimum atomic E-state index is -0.907. The van der Waals surface area contributed by atoms with E-state index in [0.717, 1.165) is 16.5 Å². The normalized spacial score (nSPS) is 12.7. The molecule has 2 heterocycles. The molecule has 0 saturated heterocycles. The summed E-state index contributed by atoms with van der Waals surface area (Å²) in [5, 5.41) is 28.9. The number of anilines is 2. The molecule has 0 radical (unpaired) electrons. The second-order valence-electron chi connectivity index (χ2n) is 6.00. The van der Waals surface area contributed by atoms with E-state index in [4.69, 9.17) is 5.73 Å². The SMILES string of the molecule is CC(C)NC(O)Nc1cc2cc(-c3cnn(C)c3)cc(N)c2nn1. The highest BCUT2D eigenvalue weighted by atomic mass is 16.3. The van der Waals surface area contributed by atoms with Crippen LogP contribution in [0.25, 0.3) is 22.0 Å². The van der Waals surface area contributed by atoms with E-state index in [2.05, 4.69) is 25.9 Å². The second kappa shape index (κ2) is 6.42. The molecule has 8 heteroatoms. The molecule has 0 bridgehead atoms. The van der Waals surface area contributed by atoms with Crippen molar-refractivity contribution in [3.63, 3.8) is 0 Å². The zero-order valence-corrected chi connectivity index (χ0v) is 13.9. The summed E-state index contributed by atoms with van der Waals surface area (Å²) in [5.41, 5.74) is 9.20. The Balaban J connectivity index is 1.95. The molecule has 1 unspecified atom stereocenters. The van der Waals surface area contributed by atoms with Crippen LogP contribution in [0.1, 0.15) is 13.8 Å². The molecule has 24 heavy (non-hydrogen) atoms. The highest BCUT2D eigenvalue weighted by molar-refractivity contribution is 5.94. The monoisotopic (exact) mass is 327 g/mol. The predicted molar refractivity (Wildman–Crippen MR) is 94.1 cm³/mol. The Morgan fingerprint density at radius 1 is 1.17 bits per heavy atom. The number of hydrogen-bond acceptors (Lipinski definition) is 7. The number of benzene rings is 1. The predicted octanol–water partition coefficient (Wildman–Crippen LogP) is 1.30. The van der Waals surface area contributed by atoms with Gasteiger partial charge >= 0.3 is 0 Å². The second-order valence-corrected chi connectivity index (χ2v) is 6.00. The van der Waals surface area contributed by atoms with Crippen molar-refractivity contribution in [1.29, 1.82) is 0 Å². The van der Waals surface area contributed by atoms with Crippen molar-refractivity contribution in [3.05, 3.63) is 30.6 Å². The number of nitrogens with zero attached hydrogens (tertiary/aromatic N) is 4. The van der Waals surface area contributed by atoms with E-state index >= 15 is 0 Å². The fourth-order valence-electron chi connectivity index (χ4n) is 2.49. The zero-order chi connectivity index (χ0) is 17.3. The average molecular weight is 327 g/mol. The van der Waals surface area contributed by atoms with Gasteiger partial charge in [-0.15, -0.1) is 10.2 Å². The number of aromatic nitrogens is 4. The van der Waals surface area contributed by atoms with Crippen LogP contribution in [-0.2, 0) is 7.05 Å². The topological polar surface area (TPSA) is 114 Å². The molecule has 2 aromatic heterocycles. The Hall–Kier alpha value is -2.71. The van der Waals surface area contributed by atoms with Gasteiger partial charge in [0.15, 0.2) is 12.2 Å². The lowest BCUT2D eigenvalue weighted by Gasteiger charge is -2.17. The van der Waals surface area contributed by atoms with Crippen molar-refractivity contribution >= 4 is 22.4 Å². The number of rotatable bonds is 5. The summed E-state index contributed by atoms with van der Waals surface area (Å²) >= 11 is 0. The van der Waals surface area contributed by atoms with E-state index in [-0.39, 0.29) is 6.04 Å². The van der Waals surface area contributed by atoms with E-state index in [9.17, 15) is 5.11 Å². The molecule has 3 rings (SSSR count). The first-order valence-corrected chi connectivity index (χ1v) is 7.69. The highest BCUT2D eigenvalue weighted by Crippen LogP contribution is 2.28. The molecule has 0 aliphatic rings. The fraction of sp³-hybridized carbons (Fsp3) is 0.312. The quantitative estimate of drug-likeness (QED) is 0.412. The average Bonchev–Trinajstić information content (AvgIpc) is 2.92. The van der Waals surface area contributed by atoms with E-state index in [1.807, 2.05) is 45.3 Å². The number of nitrogens with one attached hydrogen (secondary N) is 2. The first-order chi connectivity index (χ1) is 11.4. The number of nitrogens with two attached hydrogens (primary N) is 1. The van der Waals surface area contributed by atoms with Crippen molar-refractivity contribution in [2.75, 3.05) is 11.1 Å². The van der Waals surface area contributed by atoms with Gasteiger partial charge in [-0.25, -0.2) is 0 Å². The number of aryl methyl sites for hydroxylation is 1. The number of aliphatic hydroxyl groups is 1. The van der Waals surface area contributed by atoms with Crippen LogP contribution in [0.4, 0.5) is 11.5 Å². The molecule has 5 N–H and O–H groups in total. The molecule has 1 aromatic carbocycles. The van der Waals surface area contributed by atoms with Crippen molar-refractivity contribution in [2.45, 2.75) is 26.2 Å². The van der Waals surface area contributed by atoms with Gasteiger partial charge < -0.3 is 16.2 Å². The summed E-state index contributed by atoms with van der Waals surface area (Å²) in [6.45, 7) is 3.88. The molecule has 0 spiro atoms. The first kappa shape index (κ1) is 16.2. The minimum Gasteiger partial charge on any atom is -0.397 e. The van der Waals surface area contributed by atoms with Gasteiger partial charge in [-0.1, -0.05) is 0 Å². The molecule has 0 aliphatic heterocycles. The lowest BCUT2D eigenvalue weighted by molar-refractivity contribution is 0.154. The van der Waals surface area contributed by atoms with Crippen molar-refractivity contribution in [3.8, 4) is 11.1 Å². The maximum atomic E-state index is 9.91. The fourth-order valence-corrected chi connectivity index (χ4v) is 2.49. The third-order valence-electron chi connectivity index (χ3n) is 3.53. The third kappa shape index (κ3) is 3.44. The molecular weight excluding hydrogens is 306 g/mol. The Kier molecular flexibility index (Phi) is 4.32. The van der Waals surface area contributed by atoms with Gasteiger partial charge in [0.1, 0.15) is 5.52 Å². The largest absolute Gasteiger partial charge is 0.397 e. The summed E-state index contributed by atoms with van der Waals surface area (Å²) in [4.78, 5) is 0. The van der Waals surface area contributed by atoms with E-state index in [0.29, 0.717) is 17.0 Å². The van der Waals surface area contributed by atoms with Gasteiger partial charge in [-0.2, -0.15) is 5.10 Å². The first-order valence-electron chi connectivity index (χ1n) is 7.69. The summed E-state index contributed by atoms with van der Waals surface area (Å²) < 4.78 is 1.74. The van der Waals surface area contributed by atoms with Crippen LogP contribution in [0.5, 0.6) is 0 Å². The molecule has 0 amide bonds. The highest BCUT2D eigenvalue weighted by Gasteiger charge is 2.10. The Morgan fingerprint density at radius 2 is 1.96 bits per heavy atom. The van der Waals surface area contributed by atoms with E-state index in [1.54, 1.807) is 10.9 Å². The molecule has 126 valence electrons. The van der Waals surface area contributed by atoms with Crippen molar-refractivity contribution in [1.82, 2.24) is 25.3 Å². The lowest BCUT2D eigenvalue weighted by atomic mass is 10.1. The Bertz CT molecular complexity index is 859. The zero-order valence-electron chi connectivity index (χ0n) is 13.9. The standard InChI is InChI=1S/C16H21N7O/c1-9(2)19-16(24)20-14-6-11-4-10(12-7-18-23(3)8-12)5-13(17)15(11)22-21-14/h4-9,16,19,24H,17H2,1-3H3,(H,20,21). The van der Waals surface area contributed by atoms with Crippen molar-refractivity contribution in [2.24, 2.45) is 7.05 Å². The van der Waals surface area contributed by atoms with Gasteiger partial charge in [0.05, 0.1) is 11.9 Å².